The maximum Gasteiger partial charge on any atom is 0.306 e. The molecule has 0 aliphatic heterocycles. The summed E-state index contributed by atoms with van der Waals surface area (Å²) >= 11 is 0. The van der Waals surface area contributed by atoms with E-state index in [2.05, 4.69) is 5.32 Å². The molecule has 5 heteroatoms. The summed E-state index contributed by atoms with van der Waals surface area (Å²) in [6.45, 7) is 0.282. The van der Waals surface area contributed by atoms with Crippen LogP contribution in [-0.2, 0) is 4.79 Å². The van der Waals surface area contributed by atoms with Gasteiger partial charge in [0, 0.05) is 6.54 Å². The van der Waals surface area contributed by atoms with Gasteiger partial charge in [0.2, 0.25) is 0 Å². The van der Waals surface area contributed by atoms with Crippen LogP contribution >= 0.6 is 0 Å². The summed E-state index contributed by atoms with van der Waals surface area (Å²) in [4.78, 5) is 23.0. The molecule has 1 fully saturated rings. The molecule has 0 radical (unpaired) electrons. The number of carboxylic acid groups (broad SMARTS) is 1. The minimum atomic E-state index is -0.810. The van der Waals surface area contributed by atoms with Crippen LogP contribution in [0.2, 0.25) is 0 Å². The van der Waals surface area contributed by atoms with Gasteiger partial charge < -0.3 is 10.4 Å². The molecule has 2 rings (SSSR count). The van der Waals surface area contributed by atoms with Gasteiger partial charge in [0.25, 0.3) is 5.91 Å². The number of benzene rings is 1. The lowest BCUT2D eigenvalue weighted by molar-refractivity contribution is -0.144. The smallest absolute Gasteiger partial charge is 0.306 e. The van der Waals surface area contributed by atoms with Gasteiger partial charge in [-0.3, -0.25) is 9.59 Å². The van der Waals surface area contributed by atoms with Crippen LogP contribution in [-0.4, -0.2) is 23.5 Å². The van der Waals surface area contributed by atoms with Crippen molar-refractivity contribution in [3.8, 4) is 0 Å². The van der Waals surface area contributed by atoms with Gasteiger partial charge in [-0.25, -0.2) is 4.39 Å². The molecule has 20 heavy (non-hydrogen) atoms. The van der Waals surface area contributed by atoms with Crippen LogP contribution in [0.25, 0.3) is 0 Å². The van der Waals surface area contributed by atoms with Gasteiger partial charge in [-0.15, -0.1) is 0 Å². The highest BCUT2D eigenvalue weighted by Gasteiger charge is 2.30. The van der Waals surface area contributed by atoms with Gasteiger partial charge >= 0.3 is 5.97 Å². The van der Waals surface area contributed by atoms with E-state index in [9.17, 15) is 14.0 Å². The van der Waals surface area contributed by atoms with Gasteiger partial charge in [0.15, 0.2) is 0 Å². The van der Waals surface area contributed by atoms with E-state index in [0.29, 0.717) is 6.42 Å². The summed E-state index contributed by atoms with van der Waals surface area (Å²) in [5, 5.41) is 11.8. The van der Waals surface area contributed by atoms with Crippen LogP contribution < -0.4 is 5.32 Å². The molecule has 0 heterocycles. The minimum absolute atomic E-state index is 0.00446. The first-order valence-corrected chi connectivity index (χ1v) is 6.85. The summed E-state index contributed by atoms with van der Waals surface area (Å²) in [7, 11) is 0. The number of aliphatic carboxylic acids is 1. The number of hydrogen-bond acceptors (Lipinski definition) is 2. The fourth-order valence-corrected chi connectivity index (χ4v) is 2.74. The Bertz CT molecular complexity index is 504. The third kappa shape index (κ3) is 3.35. The summed E-state index contributed by atoms with van der Waals surface area (Å²) in [5.41, 5.74) is -0.00446. The molecule has 1 aliphatic rings. The van der Waals surface area contributed by atoms with E-state index in [1.165, 1.54) is 18.2 Å². The van der Waals surface area contributed by atoms with Crippen LogP contribution in [0.4, 0.5) is 4.39 Å². The van der Waals surface area contributed by atoms with E-state index >= 15 is 0 Å². The zero-order chi connectivity index (χ0) is 14.5. The van der Waals surface area contributed by atoms with E-state index in [4.69, 9.17) is 5.11 Å². The topological polar surface area (TPSA) is 66.4 Å². The van der Waals surface area contributed by atoms with E-state index < -0.39 is 23.6 Å². The SMILES string of the molecule is O=C(NCC1CCCCC1C(=O)O)c1ccccc1F. The largest absolute Gasteiger partial charge is 0.481 e. The fraction of sp³-hybridized carbons (Fsp3) is 0.467. The molecule has 1 aliphatic carbocycles. The molecule has 2 N–H and O–H groups in total. The number of carbonyl (C=O) groups is 2. The summed E-state index contributed by atoms with van der Waals surface area (Å²) < 4.78 is 13.5. The summed E-state index contributed by atoms with van der Waals surface area (Å²) in [6.07, 6.45) is 3.32. The molecule has 2 atom stereocenters. The lowest BCUT2D eigenvalue weighted by Crippen LogP contribution is -2.37. The number of halogens is 1. The second kappa shape index (κ2) is 6.50. The molecule has 0 aromatic heterocycles. The van der Waals surface area contributed by atoms with Crippen molar-refractivity contribution >= 4 is 11.9 Å². The Kier molecular flexibility index (Phi) is 4.71. The van der Waals surface area contributed by atoms with Gasteiger partial charge in [-0.2, -0.15) is 0 Å². The predicted octanol–water partition coefficient (Wildman–Crippen LogP) is 2.45. The lowest BCUT2D eigenvalue weighted by atomic mass is 9.79. The molecule has 0 bridgehead atoms. The Morgan fingerprint density at radius 1 is 1.25 bits per heavy atom. The normalized spacial score (nSPS) is 22.2. The van der Waals surface area contributed by atoms with Crippen molar-refractivity contribution < 1.29 is 19.1 Å². The van der Waals surface area contributed by atoms with Crippen LogP contribution in [0.5, 0.6) is 0 Å². The predicted molar refractivity (Wildman–Crippen MR) is 71.8 cm³/mol. The van der Waals surface area contributed by atoms with Crippen LogP contribution in [0.1, 0.15) is 36.0 Å². The quantitative estimate of drug-likeness (QED) is 0.889. The number of carboxylic acids is 1. The van der Waals surface area contributed by atoms with Gasteiger partial charge in [-0.1, -0.05) is 25.0 Å². The molecular weight excluding hydrogens is 261 g/mol. The van der Waals surface area contributed by atoms with Crippen molar-refractivity contribution in [2.75, 3.05) is 6.54 Å². The Hall–Kier alpha value is -1.91. The molecule has 0 spiro atoms. The Morgan fingerprint density at radius 3 is 2.65 bits per heavy atom. The summed E-state index contributed by atoms with van der Waals surface area (Å²) in [5.74, 6) is -2.35. The second-order valence-electron chi connectivity index (χ2n) is 5.18. The number of carbonyl (C=O) groups excluding carboxylic acids is 1. The maximum absolute atomic E-state index is 13.5. The van der Waals surface area contributed by atoms with Crippen molar-refractivity contribution in [2.24, 2.45) is 11.8 Å². The van der Waals surface area contributed by atoms with Gasteiger partial charge in [-0.05, 0) is 30.9 Å². The first kappa shape index (κ1) is 14.5. The van der Waals surface area contributed by atoms with E-state index in [0.717, 1.165) is 19.3 Å². The number of nitrogens with one attached hydrogen (secondary N) is 1. The number of hydrogen-bond donors (Lipinski definition) is 2. The Morgan fingerprint density at radius 2 is 1.95 bits per heavy atom. The first-order valence-electron chi connectivity index (χ1n) is 6.85. The highest BCUT2D eigenvalue weighted by molar-refractivity contribution is 5.94. The zero-order valence-corrected chi connectivity index (χ0v) is 11.1. The third-order valence-corrected chi connectivity index (χ3v) is 3.87. The van der Waals surface area contributed by atoms with Crippen molar-refractivity contribution in [2.45, 2.75) is 25.7 Å². The number of rotatable bonds is 4. The minimum Gasteiger partial charge on any atom is -0.481 e. The van der Waals surface area contributed by atoms with E-state index in [1.807, 2.05) is 0 Å². The van der Waals surface area contributed by atoms with Crippen LogP contribution in [0.3, 0.4) is 0 Å². The van der Waals surface area contributed by atoms with Crippen molar-refractivity contribution in [1.82, 2.24) is 5.32 Å². The second-order valence-corrected chi connectivity index (χ2v) is 5.18. The standard InChI is InChI=1S/C15H18FNO3/c16-13-8-4-3-7-12(13)14(18)17-9-10-5-1-2-6-11(10)15(19)20/h3-4,7-8,10-11H,1-2,5-6,9H2,(H,17,18)(H,19,20). The maximum atomic E-state index is 13.5. The molecule has 2 unspecified atom stereocenters. The number of amides is 1. The molecule has 4 nitrogen and oxygen atoms in total. The monoisotopic (exact) mass is 279 g/mol. The van der Waals surface area contributed by atoms with Crippen LogP contribution in [0, 0.1) is 17.7 Å². The van der Waals surface area contributed by atoms with Crippen LogP contribution in [0.15, 0.2) is 24.3 Å². The average molecular weight is 279 g/mol. The first-order chi connectivity index (χ1) is 9.59. The molecule has 108 valence electrons. The average Bonchev–Trinajstić information content (AvgIpc) is 2.45. The van der Waals surface area contributed by atoms with E-state index in [-0.39, 0.29) is 18.0 Å². The highest BCUT2D eigenvalue weighted by Crippen LogP contribution is 2.29. The lowest BCUT2D eigenvalue weighted by Gasteiger charge is -2.28. The Labute approximate surface area is 117 Å². The fourth-order valence-electron chi connectivity index (χ4n) is 2.74. The highest BCUT2D eigenvalue weighted by atomic mass is 19.1. The zero-order valence-electron chi connectivity index (χ0n) is 11.1. The molecule has 1 saturated carbocycles. The molecule has 1 aromatic rings. The van der Waals surface area contributed by atoms with Crippen molar-refractivity contribution in [3.63, 3.8) is 0 Å². The summed E-state index contributed by atoms with van der Waals surface area (Å²) in [6, 6.07) is 5.77. The molecule has 1 amide bonds. The van der Waals surface area contributed by atoms with Gasteiger partial charge in [0.05, 0.1) is 11.5 Å². The molecular formula is C15H18FNO3. The van der Waals surface area contributed by atoms with Crippen molar-refractivity contribution in [1.29, 1.82) is 0 Å². The molecule has 1 aromatic carbocycles. The Balaban J connectivity index is 1.95. The van der Waals surface area contributed by atoms with Gasteiger partial charge in [0.1, 0.15) is 5.82 Å². The van der Waals surface area contributed by atoms with E-state index in [1.54, 1.807) is 6.07 Å². The van der Waals surface area contributed by atoms with Crippen molar-refractivity contribution in [3.05, 3.63) is 35.6 Å². The molecule has 0 saturated heterocycles. The third-order valence-electron chi connectivity index (χ3n) is 3.87.